The minimum Gasteiger partial charge on any atom is -0.481 e. The van der Waals surface area contributed by atoms with Crippen molar-refractivity contribution in [2.45, 2.75) is 13.8 Å². The smallest absolute Gasteiger partial charge is 0.216 e. The van der Waals surface area contributed by atoms with E-state index in [1.165, 1.54) is 7.11 Å². The van der Waals surface area contributed by atoms with Crippen molar-refractivity contribution in [1.82, 2.24) is 4.98 Å². The molecule has 100 valence electrons. The van der Waals surface area contributed by atoms with Gasteiger partial charge in [-0.2, -0.15) is 0 Å². The number of carbonyl (C=O) groups excluding carboxylic acids is 2. The van der Waals surface area contributed by atoms with Gasteiger partial charge in [0.25, 0.3) is 0 Å². The lowest BCUT2D eigenvalue weighted by atomic mass is 9.82. The van der Waals surface area contributed by atoms with Crippen LogP contribution in [-0.2, 0) is 0 Å². The Bertz CT molecular complexity index is 763. The standard InChI is InChI=1S/C16H13NO3/c1-8-12-13(9(2)17-16(8)20-3)15(19)11-7-5-4-6-10(11)14(12)18/h4-7H,1-3H3. The first-order valence-corrected chi connectivity index (χ1v) is 6.30. The van der Waals surface area contributed by atoms with E-state index in [1.807, 2.05) is 0 Å². The molecule has 4 nitrogen and oxygen atoms in total. The Labute approximate surface area is 116 Å². The van der Waals surface area contributed by atoms with E-state index >= 15 is 0 Å². The molecule has 1 aliphatic carbocycles. The lowest BCUT2D eigenvalue weighted by Crippen LogP contribution is -2.24. The van der Waals surface area contributed by atoms with Gasteiger partial charge in [0.05, 0.1) is 18.4 Å². The summed E-state index contributed by atoms with van der Waals surface area (Å²) < 4.78 is 5.19. The van der Waals surface area contributed by atoms with Crippen molar-refractivity contribution in [3.63, 3.8) is 0 Å². The van der Waals surface area contributed by atoms with E-state index in [-0.39, 0.29) is 11.6 Å². The van der Waals surface area contributed by atoms with E-state index < -0.39 is 0 Å². The van der Waals surface area contributed by atoms with Crippen LogP contribution in [-0.4, -0.2) is 23.7 Å². The third-order valence-electron chi connectivity index (χ3n) is 3.64. The molecule has 0 amide bonds. The van der Waals surface area contributed by atoms with Crippen LogP contribution in [0.2, 0.25) is 0 Å². The van der Waals surface area contributed by atoms with Crippen LogP contribution in [0.4, 0.5) is 0 Å². The number of ether oxygens (including phenoxy) is 1. The van der Waals surface area contributed by atoms with E-state index in [0.717, 1.165) is 0 Å². The molecule has 0 radical (unpaired) electrons. The molecule has 0 fully saturated rings. The molecular formula is C16H13NO3. The summed E-state index contributed by atoms with van der Waals surface area (Å²) in [6.07, 6.45) is 0. The summed E-state index contributed by atoms with van der Waals surface area (Å²) in [7, 11) is 1.50. The van der Waals surface area contributed by atoms with Crippen LogP contribution >= 0.6 is 0 Å². The summed E-state index contributed by atoms with van der Waals surface area (Å²) in [5, 5.41) is 0. The van der Waals surface area contributed by atoms with E-state index in [4.69, 9.17) is 4.74 Å². The maximum Gasteiger partial charge on any atom is 0.216 e. The number of pyridine rings is 1. The van der Waals surface area contributed by atoms with Crippen molar-refractivity contribution in [1.29, 1.82) is 0 Å². The second kappa shape index (κ2) is 4.27. The monoisotopic (exact) mass is 267 g/mol. The lowest BCUT2D eigenvalue weighted by molar-refractivity contribution is 0.0977. The van der Waals surface area contributed by atoms with Gasteiger partial charge in [-0.3, -0.25) is 9.59 Å². The minimum atomic E-state index is -0.147. The third kappa shape index (κ3) is 1.51. The minimum absolute atomic E-state index is 0.142. The summed E-state index contributed by atoms with van der Waals surface area (Å²) in [6, 6.07) is 6.88. The van der Waals surface area contributed by atoms with Crippen LogP contribution in [0, 0.1) is 13.8 Å². The second-order valence-corrected chi connectivity index (χ2v) is 4.79. The largest absolute Gasteiger partial charge is 0.481 e. The number of hydrogen-bond acceptors (Lipinski definition) is 4. The average Bonchev–Trinajstić information content (AvgIpc) is 2.46. The Balaban J connectivity index is 2.39. The Morgan fingerprint density at radius 2 is 1.50 bits per heavy atom. The van der Waals surface area contributed by atoms with E-state index in [0.29, 0.717) is 39.4 Å². The number of hydrogen-bond donors (Lipinski definition) is 0. The number of benzene rings is 1. The molecule has 0 aliphatic heterocycles. The molecule has 1 aromatic carbocycles. The summed E-state index contributed by atoms with van der Waals surface area (Å²) in [5.41, 5.74) is 2.83. The van der Waals surface area contributed by atoms with Gasteiger partial charge < -0.3 is 4.74 Å². The van der Waals surface area contributed by atoms with Gasteiger partial charge in [-0.1, -0.05) is 24.3 Å². The zero-order chi connectivity index (χ0) is 14.4. The third-order valence-corrected chi connectivity index (χ3v) is 3.64. The van der Waals surface area contributed by atoms with E-state index in [2.05, 4.69) is 4.98 Å². The molecule has 0 bridgehead atoms. The Hall–Kier alpha value is -2.49. The fourth-order valence-corrected chi connectivity index (χ4v) is 2.68. The molecule has 0 N–H and O–H groups in total. The Kier molecular flexibility index (Phi) is 2.67. The van der Waals surface area contributed by atoms with Crippen molar-refractivity contribution >= 4 is 11.6 Å². The number of fused-ring (bicyclic) bond motifs is 2. The first-order valence-electron chi connectivity index (χ1n) is 6.30. The van der Waals surface area contributed by atoms with Crippen LogP contribution < -0.4 is 4.74 Å². The van der Waals surface area contributed by atoms with Crippen molar-refractivity contribution in [3.05, 3.63) is 57.8 Å². The number of aryl methyl sites for hydroxylation is 1. The normalized spacial score (nSPS) is 12.9. The second-order valence-electron chi connectivity index (χ2n) is 4.79. The number of rotatable bonds is 1. The van der Waals surface area contributed by atoms with Crippen LogP contribution in [0.1, 0.15) is 43.1 Å². The van der Waals surface area contributed by atoms with Gasteiger partial charge in [0.15, 0.2) is 11.6 Å². The molecule has 4 heteroatoms. The molecule has 1 aromatic heterocycles. The molecule has 20 heavy (non-hydrogen) atoms. The summed E-state index contributed by atoms with van der Waals surface area (Å²) in [6.45, 7) is 3.48. The zero-order valence-corrected chi connectivity index (χ0v) is 11.5. The Morgan fingerprint density at radius 1 is 0.950 bits per heavy atom. The quantitative estimate of drug-likeness (QED) is 0.679. The highest BCUT2D eigenvalue weighted by Gasteiger charge is 2.33. The van der Waals surface area contributed by atoms with Crippen LogP contribution in [0.25, 0.3) is 0 Å². The number of nitrogens with zero attached hydrogens (tertiary/aromatic N) is 1. The van der Waals surface area contributed by atoms with Gasteiger partial charge in [-0.05, 0) is 13.8 Å². The van der Waals surface area contributed by atoms with Gasteiger partial charge in [0, 0.05) is 22.3 Å². The van der Waals surface area contributed by atoms with Crippen molar-refractivity contribution in [2.75, 3.05) is 7.11 Å². The molecule has 0 atom stereocenters. The molecule has 0 spiro atoms. The number of aromatic nitrogens is 1. The molecule has 0 saturated heterocycles. The molecule has 2 aromatic rings. The summed E-state index contributed by atoms with van der Waals surface area (Å²) in [4.78, 5) is 29.5. The van der Waals surface area contributed by atoms with Crippen molar-refractivity contribution < 1.29 is 14.3 Å². The highest BCUT2D eigenvalue weighted by molar-refractivity contribution is 6.29. The molecule has 0 unspecified atom stereocenters. The summed E-state index contributed by atoms with van der Waals surface area (Å²) >= 11 is 0. The average molecular weight is 267 g/mol. The topological polar surface area (TPSA) is 56.3 Å². The van der Waals surface area contributed by atoms with Crippen LogP contribution in [0.15, 0.2) is 24.3 Å². The van der Waals surface area contributed by atoms with Crippen LogP contribution in [0.5, 0.6) is 5.88 Å². The highest BCUT2D eigenvalue weighted by Crippen LogP contribution is 2.33. The van der Waals surface area contributed by atoms with E-state index in [9.17, 15) is 9.59 Å². The first-order chi connectivity index (χ1) is 9.56. The fraction of sp³-hybridized carbons (Fsp3) is 0.188. The van der Waals surface area contributed by atoms with Crippen molar-refractivity contribution in [3.8, 4) is 5.88 Å². The number of carbonyl (C=O) groups is 2. The predicted molar refractivity (Wildman–Crippen MR) is 73.6 cm³/mol. The van der Waals surface area contributed by atoms with Gasteiger partial charge in [0.1, 0.15) is 0 Å². The molecular weight excluding hydrogens is 254 g/mol. The van der Waals surface area contributed by atoms with E-state index in [1.54, 1.807) is 38.1 Å². The number of ketones is 2. The van der Waals surface area contributed by atoms with Gasteiger partial charge in [-0.15, -0.1) is 0 Å². The molecule has 1 aliphatic rings. The SMILES string of the molecule is COc1nc(C)c2c(c1C)C(=O)c1ccccc1C2=O. The molecule has 3 rings (SSSR count). The van der Waals surface area contributed by atoms with Gasteiger partial charge in [0.2, 0.25) is 5.88 Å². The predicted octanol–water partition coefficient (Wildman–Crippen LogP) is 2.48. The lowest BCUT2D eigenvalue weighted by Gasteiger charge is -2.21. The Morgan fingerprint density at radius 3 is 2.05 bits per heavy atom. The highest BCUT2D eigenvalue weighted by atomic mass is 16.5. The molecule has 0 saturated carbocycles. The first kappa shape index (κ1) is 12.5. The maximum atomic E-state index is 12.7. The number of methoxy groups -OCH3 is 1. The van der Waals surface area contributed by atoms with Crippen molar-refractivity contribution in [2.24, 2.45) is 0 Å². The fourth-order valence-electron chi connectivity index (χ4n) is 2.68. The van der Waals surface area contributed by atoms with Gasteiger partial charge >= 0.3 is 0 Å². The van der Waals surface area contributed by atoms with Crippen LogP contribution in [0.3, 0.4) is 0 Å². The zero-order valence-electron chi connectivity index (χ0n) is 11.5. The maximum absolute atomic E-state index is 12.7. The summed E-state index contributed by atoms with van der Waals surface area (Å²) in [5.74, 6) is 0.101. The molecule has 1 heterocycles. The van der Waals surface area contributed by atoms with Gasteiger partial charge in [-0.25, -0.2) is 4.98 Å².